The van der Waals surface area contributed by atoms with Crippen LogP contribution in [0.3, 0.4) is 0 Å². The minimum absolute atomic E-state index is 0.0138. The second kappa shape index (κ2) is 7.09. The highest BCUT2D eigenvalue weighted by Crippen LogP contribution is 2.26. The van der Waals surface area contributed by atoms with Gasteiger partial charge in [0.2, 0.25) is 0 Å². The van der Waals surface area contributed by atoms with E-state index < -0.39 is 0 Å². The van der Waals surface area contributed by atoms with Crippen molar-refractivity contribution in [1.82, 2.24) is 20.1 Å². The molecule has 0 spiro atoms. The van der Waals surface area contributed by atoms with Crippen molar-refractivity contribution in [2.75, 3.05) is 19.8 Å². The van der Waals surface area contributed by atoms with E-state index in [-0.39, 0.29) is 11.9 Å². The molecule has 0 unspecified atom stereocenters. The number of H-pyrrole nitrogens is 1. The molecular formula is C20H20N4O2. The van der Waals surface area contributed by atoms with Crippen LogP contribution < -0.4 is 0 Å². The zero-order chi connectivity index (χ0) is 17.9. The standard InChI is InChI=1S/C20H20N4O2/c1-14-21-19(23-22-14)16-7-9-17(10-8-16)20(25)24-11-12-26-13-18(24)15-5-3-2-4-6-15/h2-10,18H,11-13H2,1H3,(H,21,22,23)/t18-/m0/s1. The number of aromatic nitrogens is 3. The number of aryl methyl sites for hydroxylation is 1. The monoisotopic (exact) mass is 348 g/mol. The number of hydrogen-bond acceptors (Lipinski definition) is 4. The van der Waals surface area contributed by atoms with Crippen molar-refractivity contribution >= 4 is 5.91 Å². The zero-order valence-corrected chi connectivity index (χ0v) is 14.6. The molecule has 0 bridgehead atoms. The van der Waals surface area contributed by atoms with Crippen LogP contribution in [0.4, 0.5) is 0 Å². The van der Waals surface area contributed by atoms with Gasteiger partial charge in [-0.1, -0.05) is 42.5 Å². The van der Waals surface area contributed by atoms with Gasteiger partial charge in [-0.15, -0.1) is 0 Å². The van der Waals surface area contributed by atoms with E-state index in [1.807, 2.05) is 66.4 Å². The summed E-state index contributed by atoms with van der Waals surface area (Å²) in [5.41, 5.74) is 2.63. The van der Waals surface area contributed by atoms with Crippen molar-refractivity contribution in [3.63, 3.8) is 0 Å². The molecule has 26 heavy (non-hydrogen) atoms. The van der Waals surface area contributed by atoms with Crippen LogP contribution in [0.2, 0.25) is 0 Å². The molecule has 4 rings (SSSR count). The van der Waals surface area contributed by atoms with Gasteiger partial charge in [-0.2, -0.15) is 5.10 Å². The topological polar surface area (TPSA) is 71.1 Å². The molecule has 1 amide bonds. The smallest absolute Gasteiger partial charge is 0.254 e. The van der Waals surface area contributed by atoms with Crippen molar-refractivity contribution < 1.29 is 9.53 Å². The number of hydrogen-bond donors (Lipinski definition) is 1. The summed E-state index contributed by atoms with van der Waals surface area (Å²) in [6, 6.07) is 17.4. The average Bonchev–Trinajstić information content (AvgIpc) is 3.14. The maximum absolute atomic E-state index is 13.1. The largest absolute Gasteiger partial charge is 0.377 e. The van der Waals surface area contributed by atoms with Crippen LogP contribution in [0.15, 0.2) is 54.6 Å². The summed E-state index contributed by atoms with van der Waals surface area (Å²) in [5, 5.41) is 6.98. The van der Waals surface area contributed by atoms with E-state index in [1.54, 1.807) is 0 Å². The fourth-order valence-corrected chi connectivity index (χ4v) is 3.20. The summed E-state index contributed by atoms with van der Waals surface area (Å²) in [7, 11) is 0. The molecule has 1 fully saturated rings. The van der Waals surface area contributed by atoms with Gasteiger partial charge in [0.15, 0.2) is 5.82 Å². The van der Waals surface area contributed by atoms with Crippen molar-refractivity contribution in [3.8, 4) is 11.4 Å². The Morgan fingerprint density at radius 3 is 2.62 bits per heavy atom. The van der Waals surface area contributed by atoms with E-state index in [4.69, 9.17) is 4.74 Å². The van der Waals surface area contributed by atoms with Gasteiger partial charge >= 0.3 is 0 Å². The third kappa shape index (κ3) is 3.23. The number of ether oxygens (including phenoxy) is 1. The quantitative estimate of drug-likeness (QED) is 0.790. The van der Waals surface area contributed by atoms with Crippen LogP contribution in [-0.4, -0.2) is 45.7 Å². The molecule has 6 nitrogen and oxygen atoms in total. The van der Waals surface area contributed by atoms with Crippen LogP contribution in [0.5, 0.6) is 0 Å². The van der Waals surface area contributed by atoms with Gasteiger partial charge in [-0.25, -0.2) is 4.98 Å². The summed E-state index contributed by atoms with van der Waals surface area (Å²) in [6.07, 6.45) is 0. The number of amides is 1. The number of aromatic amines is 1. The first-order valence-electron chi connectivity index (χ1n) is 8.65. The second-order valence-corrected chi connectivity index (χ2v) is 6.32. The molecule has 0 aliphatic carbocycles. The maximum Gasteiger partial charge on any atom is 0.254 e. The third-order valence-corrected chi connectivity index (χ3v) is 4.56. The summed E-state index contributed by atoms with van der Waals surface area (Å²) >= 11 is 0. The molecule has 1 aliphatic heterocycles. The van der Waals surface area contributed by atoms with Crippen LogP contribution in [0, 0.1) is 6.92 Å². The van der Waals surface area contributed by atoms with Crippen LogP contribution in [0.25, 0.3) is 11.4 Å². The number of morpholine rings is 1. The van der Waals surface area contributed by atoms with Crippen molar-refractivity contribution in [2.45, 2.75) is 13.0 Å². The molecule has 1 aromatic heterocycles. The van der Waals surface area contributed by atoms with E-state index in [1.165, 1.54) is 0 Å². The lowest BCUT2D eigenvalue weighted by atomic mass is 10.0. The number of carbonyl (C=O) groups excluding carboxylic acids is 1. The van der Waals surface area contributed by atoms with E-state index in [9.17, 15) is 4.79 Å². The minimum Gasteiger partial charge on any atom is -0.377 e. The Morgan fingerprint density at radius 1 is 1.15 bits per heavy atom. The Morgan fingerprint density at radius 2 is 1.92 bits per heavy atom. The van der Waals surface area contributed by atoms with Crippen molar-refractivity contribution in [3.05, 3.63) is 71.5 Å². The number of benzene rings is 2. The molecule has 2 heterocycles. The second-order valence-electron chi connectivity index (χ2n) is 6.32. The lowest BCUT2D eigenvalue weighted by Gasteiger charge is -2.36. The van der Waals surface area contributed by atoms with Gasteiger partial charge in [0.25, 0.3) is 5.91 Å². The van der Waals surface area contributed by atoms with E-state index >= 15 is 0 Å². The van der Waals surface area contributed by atoms with E-state index in [0.29, 0.717) is 31.1 Å². The first kappa shape index (κ1) is 16.5. The highest BCUT2D eigenvalue weighted by atomic mass is 16.5. The zero-order valence-electron chi connectivity index (χ0n) is 14.6. The van der Waals surface area contributed by atoms with E-state index in [0.717, 1.165) is 17.0 Å². The molecule has 1 aliphatic rings. The fourth-order valence-electron chi connectivity index (χ4n) is 3.20. The normalized spacial score (nSPS) is 17.3. The van der Waals surface area contributed by atoms with Crippen LogP contribution in [0.1, 0.15) is 27.8 Å². The fraction of sp³-hybridized carbons (Fsp3) is 0.250. The molecule has 6 heteroatoms. The molecular weight excluding hydrogens is 328 g/mol. The Hall–Kier alpha value is -2.99. The molecule has 1 saturated heterocycles. The first-order valence-corrected chi connectivity index (χ1v) is 8.65. The summed E-state index contributed by atoms with van der Waals surface area (Å²) in [4.78, 5) is 19.3. The maximum atomic E-state index is 13.1. The molecule has 1 atom stereocenters. The van der Waals surface area contributed by atoms with Gasteiger partial charge in [0.05, 0.1) is 19.3 Å². The van der Waals surface area contributed by atoms with Crippen molar-refractivity contribution in [1.29, 1.82) is 0 Å². The Labute approximate surface area is 151 Å². The van der Waals surface area contributed by atoms with Gasteiger partial charge in [-0.3, -0.25) is 9.89 Å². The predicted molar refractivity (Wildman–Crippen MR) is 97.6 cm³/mol. The molecule has 3 aromatic rings. The Kier molecular flexibility index (Phi) is 4.50. The summed E-state index contributed by atoms with van der Waals surface area (Å²) in [5.74, 6) is 1.41. The first-order chi connectivity index (χ1) is 12.7. The van der Waals surface area contributed by atoms with Crippen LogP contribution >= 0.6 is 0 Å². The lowest BCUT2D eigenvalue weighted by Crippen LogP contribution is -2.43. The molecule has 0 saturated carbocycles. The highest BCUT2D eigenvalue weighted by Gasteiger charge is 2.29. The Balaban J connectivity index is 1.57. The minimum atomic E-state index is -0.0622. The average molecular weight is 348 g/mol. The van der Waals surface area contributed by atoms with Gasteiger partial charge in [0.1, 0.15) is 5.82 Å². The SMILES string of the molecule is Cc1nc(-c2ccc(C(=O)N3CCOC[C@H]3c3ccccc3)cc2)n[nH]1. The lowest BCUT2D eigenvalue weighted by molar-refractivity contribution is -0.00269. The van der Waals surface area contributed by atoms with E-state index in [2.05, 4.69) is 15.2 Å². The van der Waals surface area contributed by atoms with Crippen molar-refractivity contribution in [2.24, 2.45) is 0 Å². The highest BCUT2D eigenvalue weighted by molar-refractivity contribution is 5.95. The van der Waals surface area contributed by atoms with Crippen LogP contribution in [-0.2, 0) is 4.74 Å². The third-order valence-electron chi connectivity index (χ3n) is 4.56. The number of nitrogens with zero attached hydrogens (tertiary/aromatic N) is 3. The number of nitrogens with one attached hydrogen (secondary N) is 1. The summed E-state index contributed by atoms with van der Waals surface area (Å²) < 4.78 is 5.62. The van der Waals surface area contributed by atoms with Gasteiger partial charge in [-0.05, 0) is 24.6 Å². The Bertz CT molecular complexity index is 890. The van der Waals surface area contributed by atoms with Gasteiger partial charge < -0.3 is 9.64 Å². The molecule has 1 N–H and O–H groups in total. The van der Waals surface area contributed by atoms with Gasteiger partial charge in [0, 0.05) is 17.7 Å². The summed E-state index contributed by atoms with van der Waals surface area (Å²) in [6.45, 7) is 3.52. The molecule has 0 radical (unpaired) electrons. The molecule has 132 valence electrons. The molecule has 2 aromatic carbocycles. The number of rotatable bonds is 3. The predicted octanol–water partition coefficient (Wildman–Crippen LogP) is 2.99. The number of carbonyl (C=O) groups is 1.